The van der Waals surface area contributed by atoms with Crippen molar-refractivity contribution in [3.63, 3.8) is 0 Å². The van der Waals surface area contributed by atoms with Crippen molar-refractivity contribution < 1.29 is 13.6 Å². The van der Waals surface area contributed by atoms with Crippen molar-refractivity contribution in [3.05, 3.63) is 40.9 Å². The van der Waals surface area contributed by atoms with Gasteiger partial charge in [0.15, 0.2) is 0 Å². The first-order chi connectivity index (χ1) is 11.6. The van der Waals surface area contributed by atoms with Crippen LogP contribution in [-0.2, 0) is 0 Å². The number of amides is 1. The summed E-state index contributed by atoms with van der Waals surface area (Å²) in [5, 5.41) is 4.91. The summed E-state index contributed by atoms with van der Waals surface area (Å²) in [6.07, 6.45) is 2.05. The topological polar surface area (TPSA) is 45.2 Å². The van der Waals surface area contributed by atoms with Gasteiger partial charge in [-0.15, -0.1) is 23.7 Å². The smallest absolute Gasteiger partial charge is 0.273 e. The SMILES string of the molecule is CNCC1CCCN(C(=O)c2csc(-c3c(F)cccc3F)n2)C1.Cl. The highest BCUT2D eigenvalue weighted by molar-refractivity contribution is 7.13. The van der Waals surface area contributed by atoms with Crippen molar-refractivity contribution in [2.24, 2.45) is 5.92 Å². The minimum Gasteiger partial charge on any atom is -0.337 e. The molecular weight excluding hydrogens is 368 g/mol. The van der Waals surface area contributed by atoms with Crippen LogP contribution in [0.2, 0.25) is 0 Å². The van der Waals surface area contributed by atoms with E-state index in [0.29, 0.717) is 19.0 Å². The molecule has 1 aliphatic heterocycles. The molecule has 1 aromatic carbocycles. The van der Waals surface area contributed by atoms with Gasteiger partial charge < -0.3 is 10.2 Å². The maximum absolute atomic E-state index is 13.9. The molecule has 1 saturated heterocycles. The molecule has 2 heterocycles. The van der Waals surface area contributed by atoms with Crippen molar-refractivity contribution in [1.29, 1.82) is 0 Å². The molecule has 25 heavy (non-hydrogen) atoms. The van der Waals surface area contributed by atoms with E-state index >= 15 is 0 Å². The Morgan fingerprint density at radius 3 is 2.80 bits per heavy atom. The number of likely N-dealkylation sites (tertiary alicyclic amines) is 1. The number of carbonyl (C=O) groups excluding carboxylic acids is 1. The summed E-state index contributed by atoms with van der Waals surface area (Å²) in [6, 6.07) is 3.69. The minimum absolute atomic E-state index is 0. The average Bonchev–Trinajstić information content (AvgIpc) is 3.04. The Kier molecular flexibility index (Phi) is 6.87. The van der Waals surface area contributed by atoms with E-state index in [1.165, 1.54) is 18.2 Å². The van der Waals surface area contributed by atoms with E-state index in [1.54, 1.807) is 10.3 Å². The summed E-state index contributed by atoms with van der Waals surface area (Å²) in [7, 11) is 1.90. The summed E-state index contributed by atoms with van der Waals surface area (Å²) in [6.45, 7) is 2.24. The van der Waals surface area contributed by atoms with Crippen molar-refractivity contribution in [2.75, 3.05) is 26.7 Å². The summed E-state index contributed by atoms with van der Waals surface area (Å²) < 4.78 is 27.7. The van der Waals surface area contributed by atoms with Gasteiger partial charge in [0.05, 0.1) is 5.56 Å². The van der Waals surface area contributed by atoms with E-state index < -0.39 is 11.6 Å². The van der Waals surface area contributed by atoms with Crippen LogP contribution in [-0.4, -0.2) is 42.5 Å². The van der Waals surface area contributed by atoms with Crippen LogP contribution >= 0.6 is 23.7 Å². The van der Waals surface area contributed by atoms with E-state index in [9.17, 15) is 13.6 Å². The van der Waals surface area contributed by atoms with Crippen LogP contribution in [0.3, 0.4) is 0 Å². The van der Waals surface area contributed by atoms with Crippen molar-refractivity contribution >= 4 is 29.7 Å². The number of hydrogen-bond donors (Lipinski definition) is 1. The van der Waals surface area contributed by atoms with Gasteiger partial charge in [-0.3, -0.25) is 4.79 Å². The summed E-state index contributed by atoms with van der Waals surface area (Å²) >= 11 is 1.08. The van der Waals surface area contributed by atoms with Gasteiger partial charge >= 0.3 is 0 Å². The standard InChI is InChI=1S/C17H19F2N3OS.ClH/c1-20-8-11-4-3-7-22(9-11)17(23)14-10-24-16(21-14)15-12(18)5-2-6-13(15)19;/h2,5-6,10-11,20H,3-4,7-9H2,1H3;1H. The lowest BCUT2D eigenvalue weighted by atomic mass is 9.98. The molecule has 0 radical (unpaired) electrons. The monoisotopic (exact) mass is 387 g/mol. The molecule has 1 unspecified atom stereocenters. The third kappa shape index (κ3) is 4.34. The molecule has 0 aliphatic carbocycles. The van der Waals surface area contributed by atoms with Crippen molar-refractivity contribution in [1.82, 2.24) is 15.2 Å². The number of hydrogen-bond acceptors (Lipinski definition) is 4. The second-order valence-electron chi connectivity index (χ2n) is 5.95. The fraction of sp³-hybridized carbons (Fsp3) is 0.412. The van der Waals surface area contributed by atoms with E-state index in [0.717, 1.165) is 30.7 Å². The molecular formula is C17H20ClF2N3OS. The molecule has 0 saturated carbocycles. The molecule has 0 bridgehead atoms. The summed E-state index contributed by atoms with van der Waals surface area (Å²) in [4.78, 5) is 18.6. The van der Waals surface area contributed by atoms with Gasteiger partial charge in [0.25, 0.3) is 5.91 Å². The lowest BCUT2D eigenvalue weighted by Crippen LogP contribution is -2.42. The van der Waals surface area contributed by atoms with Crippen LogP contribution in [0.15, 0.2) is 23.6 Å². The summed E-state index contributed by atoms with van der Waals surface area (Å²) in [5.74, 6) is -1.09. The molecule has 136 valence electrons. The third-order valence-electron chi connectivity index (χ3n) is 4.20. The second kappa shape index (κ2) is 8.69. The third-order valence-corrected chi connectivity index (χ3v) is 5.06. The number of nitrogens with one attached hydrogen (secondary N) is 1. The van der Waals surface area contributed by atoms with E-state index in [4.69, 9.17) is 0 Å². The Hall–Kier alpha value is -1.57. The van der Waals surface area contributed by atoms with Gasteiger partial charge in [0.1, 0.15) is 22.3 Å². The van der Waals surface area contributed by atoms with Gasteiger partial charge in [-0.1, -0.05) is 6.07 Å². The van der Waals surface area contributed by atoms with Crippen molar-refractivity contribution in [2.45, 2.75) is 12.8 Å². The first-order valence-corrected chi connectivity index (χ1v) is 8.82. The van der Waals surface area contributed by atoms with Gasteiger partial charge in [-0.2, -0.15) is 0 Å². The van der Waals surface area contributed by atoms with Gasteiger partial charge in [0, 0.05) is 18.5 Å². The molecule has 1 fully saturated rings. The Bertz CT molecular complexity index is 718. The molecule has 4 nitrogen and oxygen atoms in total. The normalized spacial score (nSPS) is 17.2. The number of rotatable bonds is 4. The number of thiazole rings is 1. The largest absolute Gasteiger partial charge is 0.337 e. The first-order valence-electron chi connectivity index (χ1n) is 7.94. The number of piperidine rings is 1. The summed E-state index contributed by atoms with van der Waals surface area (Å²) in [5.41, 5.74) is 0.0796. The molecule has 1 atom stereocenters. The Balaban J connectivity index is 0.00000225. The zero-order chi connectivity index (χ0) is 17.1. The van der Waals surface area contributed by atoms with Gasteiger partial charge in [0.2, 0.25) is 0 Å². The fourth-order valence-electron chi connectivity index (χ4n) is 3.06. The zero-order valence-electron chi connectivity index (χ0n) is 13.8. The van der Waals surface area contributed by atoms with Crippen LogP contribution in [0.4, 0.5) is 8.78 Å². The molecule has 1 amide bonds. The molecule has 1 aromatic heterocycles. The predicted octanol–water partition coefficient (Wildman–Crippen LogP) is 3.58. The Labute approximate surface area is 155 Å². The fourth-order valence-corrected chi connectivity index (χ4v) is 3.90. The number of carbonyl (C=O) groups is 1. The number of nitrogens with zero attached hydrogens (tertiary/aromatic N) is 2. The van der Waals surface area contributed by atoms with E-state index in [1.807, 2.05) is 7.05 Å². The van der Waals surface area contributed by atoms with Gasteiger partial charge in [-0.05, 0) is 44.5 Å². The molecule has 2 aromatic rings. The van der Waals surface area contributed by atoms with Crippen LogP contribution in [0.5, 0.6) is 0 Å². The van der Waals surface area contributed by atoms with Gasteiger partial charge in [-0.25, -0.2) is 13.8 Å². The van der Waals surface area contributed by atoms with Crippen LogP contribution < -0.4 is 5.32 Å². The minimum atomic E-state index is -0.671. The Morgan fingerprint density at radius 1 is 1.40 bits per heavy atom. The highest BCUT2D eigenvalue weighted by atomic mass is 35.5. The molecule has 3 rings (SSSR count). The number of halogens is 3. The quantitative estimate of drug-likeness (QED) is 0.872. The lowest BCUT2D eigenvalue weighted by Gasteiger charge is -2.32. The van der Waals surface area contributed by atoms with Crippen LogP contribution in [0.1, 0.15) is 23.3 Å². The van der Waals surface area contributed by atoms with Crippen molar-refractivity contribution in [3.8, 4) is 10.6 Å². The first kappa shape index (κ1) is 19.8. The maximum Gasteiger partial charge on any atom is 0.273 e. The lowest BCUT2D eigenvalue weighted by molar-refractivity contribution is 0.0669. The van der Waals surface area contributed by atoms with E-state index in [-0.39, 0.29) is 34.6 Å². The molecule has 1 aliphatic rings. The zero-order valence-corrected chi connectivity index (χ0v) is 15.4. The Morgan fingerprint density at radius 2 is 2.12 bits per heavy atom. The maximum atomic E-state index is 13.9. The second-order valence-corrected chi connectivity index (χ2v) is 6.81. The number of benzene rings is 1. The molecule has 1 N–H and O–H groups in total. The predicted molar refractivity (Wildman–Crippen MR) is 97.3 cm³/mol. The van der Waals surface area contributed by atoms with Crippen LogP contribution in [0.25, 0.3) is 10.6 Å². The van der Waals surface area contributed by atoms with Crippen LogP contribution in [0, 0.1) is 17.6 Å². The average molecular weight is 388 g/mol. The van der Waals surface area contributed by atoms with E-state index in [2.05, 4.69) is 10.3 Å². The molecule has 8 heteroatoms. The molecule has 0 spiro atoms. The highest BCUT2D eigenvalue weighted by Gasteiger charge is 2.26. The number of aromatic nitrogens is 1. The highest BCUT2D eigenvalue weighted by Crippen LogP contribution is 2.29.